The predicted molar refractivity (Wildman–Crippen MR) is 89.7 cm³/mol. The second-order valence-corrected chi connectivity index (χ2v) is 5.92. The van der Waals surface area contributed by atoms with Crippen LogP contribution in [0.4, 0.5) is 0 Å². The van der Waals surface area contributed by atoms with Gasteiger partial charge in [-0.05, 0) is 18.6 Å². The molecule has 0 fully saturated rings. The molecule has 0 aliphatic rings. The van der Waals surface area contributed by atoms with Crippen LogP contribution in [0.2, 0.25) is 15.1 Å². The quantitative estimate of drug-likeness (QED) is 0.286. The van der Waals surface area contributed by atoms with Crippen molar-refractivity contribution in [1.82, 2.24) is 0 Å². The molecule has 0 radical (unpaired) electrons. The first-order chi connectivity index (χ1) is 9.77. The molecule has 0 bridgehead atoms. The Bertz CT molecular complexity index is 630. The Labute approximate surface area is 147 Å². The van der Waals surface area contributed by atoms with Crippen LogP contribution in [-0.2, 0) is 6.42 Å². The van der Waals surface area contributed by atoms with Crippen molar-refractivity contribution in [3.63, 3.8) is 0 Å². The van der Waals surface area contributed by atoms with Gasteiger partial charge in [0, 0.05) is 12.0 Å². The fourth-order valence-electron chi connectivity index (χ4n) is 1.46. The molecule has 0 amide bonds. The largest absolute Gasteiger partial charge is 0.511 e. The summed E-state index contributed by atoms with van der Waals surface area (Å²) in [4.78, 5) is 0. The second-order valence-electron chi connectivity index (χ2n) is 3.91. The van der Waals surface area contributed by atoms with E-state index in [0.717, 1.165) is 0 Å². The van der Waals surface area contributed by atoms with Gasteiger partial charge in [-0.3, -0.25) is 0 Å². The van der Waals surface area contributed by atoms with Crippen LogP contribution >= 0.6 is 58.0 Å². The lowest BCUT2D eigenvalue weighted by Gasteiger charge is -2.10. The summed E-state index contributed by atoms with van der Waals surface area (Å²) in [6.07, 6.45) is 6.57. The van der Waals surface area contributed by atoms with Crippen molar-refractivity contribution in [2.75, 3.05) is 0 Å². The van der Waals surface area contributed by atoms with E-state index in [1.165, 1.54) is 12.1 Å². The topological polar surface area (TPSA) is 40.5 Å². The monoisotopic (exact) mass is 384 g/mol. The molecule has 0 aliphatic heterocycles. The van der Waals surface area contributed by atoms with Crippen molar-refractivity contribution in [3.05, 3.63) is 48.6 Å². The van der Waals surface area contributed by atoms with Gasteiger partial charge < -0.3 is 10.2 Å². The molecule has 0 heterocycles. The molecule has 0 aromatic heterocycles. The summed E-state index contributed by atoms with van der Waals surface area (Å²) in [6, 6.07) is 1.34. The number of allylic oxidation sites excluding steroid dienone is 4. The number of aliphatic hydroxyl groups is 1. The smallest absolute Gasteiger partial charge is 0.138 e. The molecule has 1 aromatic rings. The fourth-order valence-corrected chi connectivity index (χ4v) is 2.57. The Kier molecular flexibility index (Phi) is 7.06. The first-order valence-electron chi connectivity index (χ1n) is 5.54. The van der Waals surface area contributed by atoms with Crippen molar-refractivity contribution in [3.8, 4) is 18.1 Å². The Balaban J connectivity index is 3.00. The van der Waals surface area contributed by atoms with E-state index in [9.17, 15) is 10.2 Å². The Morgan fingerprint density at radius 1 is 1.24 bits per heavy atom. The lowest BCUT2D eigenvalue weighted by molar-refractivity contribution is 0.385. The molecule has 0 saturated heterocycles. The highest BCUT2D eigenvalue weighted by Crippen LogP contribution is 2.39. The fraction of sp³-hybridized carbons (Fsp3) is 0.143. The highest BCUT2D eigenvalue weighted by molar-refractivity contribution is 6.44. The van der Waals surface area contributed by atoms with Gasteiger partial charge in [0.25, 0.3) is 0 Å². The first kappa shape index (κ1) is 18.4. The number of phenols is 1. The minimum Gasteiger partial charge on any atom is -0.511 e. The van der Waals surface area contributed by atoms with Crippen LogP contribution in [0.15, 0.2) is 28.0 Å². The minimum absolute atomic E-state index is 0.00156. The molecule has 112 valence electrons. The summed E-state index contributed by atoms with van der Waals surface area (Å²) in [6.45, 7) is 0. The number of hydrogen-bond donors (Lipinski definition) is 2. The predicted octanol–water partition coefficient (Wildman–Crippen LogP) is 6.05. The molecule has 2 N–H and O–H groups in total. The Morgan fingerprint density at radius 2 is 1.86 bits per heavy atom. The molecule has 0 unspecified atom stereocenters. The number of benzene rings is 1. The third-order valence-corrected chi connectivity index (χ3v) is 4.18. The molecule has 0 aliphatic carbocycles. The number of terminal acetylenes is 1. The zero-order valence-electron chi connectivity index (χ0n) is 10.4. The summed E-state index contributed by atoms with van der Waals surface area (Å²) in [5.74, 6) is 1.81. The van der Waals surface area contributed by atoms with Gasteiger partial charge in [0.05, 0.1) is 25.1 Å². The first-order valence-corrected chi connectivity index (χ1v) is 7.43. The molecule has 0 saturated carbocycles. The molecule has 0 spiro atoms. The summed E-state index contributed by atoms with van der Waals surface area (Å²) < 4.78 is 0. The van der Waals surface area contributed by atoms with Crippen molar-refractivity contribution >= 4 is 58.0 Å². The van der Waals surface area contributed by atoms with E-state index >= 15 is 0 Å². The van der Waals surface area contributed by atoms with Gasteiger partial charge in [0.2, 0.25) is 0 Å². The number of halogens is 5. The van der Waals surface area contributed by atoms with Crippen molar-refractivity contribution in [2.24, 2.45) is 0 Å². The zero-order valence-corrected chi connectivity index (χ0v) is 14.2. The van der Waals surface area contributed by atoms with Crippen molar-refractivity contribution < 1.29 is 10.2 Å². The highest BCUT2D eigenvalue weighted by Gasteiger charge is 2.15. The summed E-state index contributed by atoms with van der Waals surface area (Å²) in [5, 5.41) is 20.2. The van der Waals surface area contributed by atoms with Crippen LogP contribution in [0.1, 0.15) is 12.0 Å². The molecule has 1 aromatic carbocycles. The average molecular weight is 386 g/mol. The van der Waals surface area contributed by atoms with Crippen molar-refractivity contribution in [2.45, 2.75) is 12.8 Å². The van der Waals surface area contributed by atoms with E-state index in [0.29, 0.717) is 5.56 Å². The third-order valence-electron chi connectivity index (χ3n) is 2.52. The standard InChI is InChI=1S/C14H9Cl5O2/c1-2-7(15)5-9(16)12(20)4-3-8-13(19)10(17)6-11(18)14(8)21/h1,5-6,20-21H,3-4H2/b7-5+,12-9-. The van der Waals surface area contributed by atoms with Gasteiger partial charge in [0.1, 0.15) is 11.5 Å². The van der Waals surface area contributed by atoms with Crippen LogP contribution in [-0.4, -0.2) is 10.2 Å². The highest BCUT2D eigenvalue weighted by atomic mass is 35.5. The van der Waals surface area contributed by atoms with Crippen LogP contribution in [0, 0.1) is 12.3 Å². The van der Waals surface area contributed by atoms with Crippen LogP contribution in [0.3, 0.4) is 0 Å². The van der Waals surface area contributed by atoms with E-state index < -0.39 is 0 Å². The molecule has 2 nitrogen and oxygen atoms in total. The van der Waals surface area contributed by atoms with Gasteiger partial charge in [-0.15, -0.1) is 6.42 Å². The average Bonchev–Trinajstić information content (AvgIpc) is 2.44. The second kappa shape index (κ2) is 8.08. The zero-order chi connectivity index (χ0) is 16.2. The van der Waals surface area contributed by atoms with Gasteiger partial charge in [0.15, 0.2) is 0 Å². The van der Waals surface area contributed by atoms with Crippen LogP contribution < -0.4 is 0 Å². The number of hydrogen-bond acceptors (Lipinski definition) is 2. The Morgan fingerprint density at radius 3 is 2.43 bits per heavy atom. The molecular formula is C14H9Cl5O2. The van der Waals surface area contributed by atoms with E-state index in [4.69, 9.17) is 64.4 Å². The van der Waals surface area contributed by atoms with E-state index in [1.807, 2.05) is 0 Å². The van der Waals surface area contributed by atoms with E-state index in [1.54, 1.807) is 0 Å². The van der Waals surface area contributed by atoms with Gasteiger partial charge in [-0.1, -0.05) is 63.9 Å². The van der Waals surface area contributed by atoms with E-state index in [-0.39, 0.29) is 49.5 Å². The lowest BCUT2D eigenvalue weighted by atomic mass is 10.1. The van der Waals surface area contributed by atoms with Crippen LogP contribution in [0.25, 0.3) is 0 Å². The number of aliphatic hydroxyl groups excluding tert-OH is 1. The molecule has 1 rings (SSSR count). The maximum absolute atomic E-state index is 9.87. The normalized spacial score (nSPS) is 12.9. The Hall–Kier alpha value is -0.690. The van der Waals surface area contributed by atoms with Crippen molar-refractivity contribution in [1.29, 1.82) is 0 Å². The SMILES string of the molecule is C#C/C(Cl)=C\C(Cl)=C(\O)CCc1c(O)c(Cl)cc(Cl)c1Cl. The maximum Gasteiger partial charge on any atom is 0.138 e. The summed E-state index contributed by atoms with van der Waals surface area (Å²) >= 11 is 29.1. The number of phenolic OH excluding ortho intramolecular Hbond substituents is 1. The van der Waals surface area contributed by atoms with E-state index in [2.05, 4.69) is 5.92 Å². The van der Waals surface area contributed by atoms with Gasteiger partial charge in [-0.25, -0.2) is 0 Å². The summed E-state index contributed by atoms with van der Waals surface area (Å²) in [7, 11) is 0. The number of rotatable bonds is 4. The third kappa shape index (κ3) is 4.92. The molecular weight excluding hydrogens is 377 g/mol. The maximum atomic E-state index is 9.87. The summed E-state index contributed by atoms with van der Waals surface area (Å²) in [5.41, 5.74) is 0.317. The molecule has 21 heavy (non-hydrogen) atoms. The molecule has 7 heteroatoms. The van der Waals surface area contributed by atoms with Gasteiger partial charge in [-0.2, -0.15) is 0 Å². The lowest BCUT2D eigenvalue weighted by Crippen LogP contribution is -1.93. The number of aromatic hydroxyl groups is 1. The van der Waals surface area contributed by atoms with Gasteiger partial charge >= 0.3 is 0 Å². The minimum atomic E-state index is -0.188. The molecule has 0 atom stereocenters. The van der Waals surface area contributed by atoms with Crippen LogP contribution in [0.5, 0.6) is 5.75 Å².